The van der Waals surface area contributed by atoms with Crippen molar-refractivity contribution in [1.82, 2.24) is 0 Å². The molecule has 0 spiro atoms. The van der Waals surface area contributed by atoms with E-state index in [1.54, 1.807) is 12.2 Å². The van der Waals surface area contributed by atoms with E-state index in [1.165, 1.54) is 38.5 Å². The zero-order valence-electron chi connectivity index (χ0n) is 10.9. The van der Waals surface area contributed by atoms with Crippen LogP contribution in [0.1, 0.15) is 65.2 Å². The Labute approximate surface area is 101 Å². The van der Waals surface area contributed by atoms with Crippen LogP contribution < -0.4 is 0 Å². The quantitative estimate of drug-likeness (QED) is 0.382. The number of hydrogen-bond donors (Lipinski definition) is 0. The fourth-order valence-corrected chi connectivity index (χ4v) is 1.48. The maximum Gasteiger partial charge on any atom is 0.177 e. The average molecular weight is 222 g/mol. The van der Waals surface area contributed by atoms with Crippen LogP contribution in [-0.4, -0.2) is 5.78 Å². The van der Waals surface area contributed by atoms with Gasteiger partial charge in [-0.15, -0.1) is 0 Å². The largest absolute Gasteiger partial charge is 0.290 e. The number of carbonyl (C=O) groups is 1. The van der Waals surface area contributed by atoms with Gasteiger partial charge in [0.1, 0.15) is 0 Å². The molecule has 16 heavy (non-hydrogen) atoms. The van der Waals surface area contributed by atoms with Gasteiger partial charge in [0.15, 0.2) is 5.78 Å². The van der Waals surface area contributed by atoms with Crippen molar-refractivity contribution in [3.8, 4) is 0 Å². The lowest BCUT2D eigenvalue weighted by molar-refractivity contribution is -0.110. The Morgan fingerprint density at radius 3 is 1.62 bits per heavy atom. The third-order valence-electron chi connectivity index (χ3n) is 2.51. The SMILES string of the molecule is CCCCCC=CC(=O)C=CCCCCC. The van der Waals surface area contributed by atoms with E-state index in [4.69, 9.17) is 0 Å². The predicted molar refractivity (Wildman–Crippen MR) is 71.6 cm³/mol. The van der Waals surface area contributed by atoms with Gasteiger partial charge in [-0.25, -0.2) is 0 Å². The summed E-state index contributed by atoms with van der Waals surface area (Å²) in [4.78, 5) is 11.3. The molecule has 1 heteroatoms. The molecule has 0 bridgehead atoms. The molecule has 0 rings (SSSR count). The van der Waals surface area contributed by atoms with E-state index >= 15 is 0 Å². The Bertz CT molecular complexity index is 191. The summed E-state index contributed by atoms with van der Waals surface area (Å²) in [6, 6.07) is 0. The fraction of sp³-hybridized carbons (Fsp3) is 0.667. The second-order valence-corrected chi connectivity index (χ2v) is 4.20. The first-order chi connectivity index (χ1) is 7.81. The summed E-state index contributed by atoms with van der Waals surface area (Å²) in [5.74, 6) is 0.132. The normalized spacial score (nSPS) is 11.6. The van der Waals surface area contributed by atoms with Crippen LogP contribution in [-0.2, 0) is 4.79 Å². The van der Waals surface area contributed by atoms with Crippen molar-refractivity contribution in [2.45, 2.75) is 65.2 Å². The topological polar surface area (TPSA) is 17.1 Å². The van der Waals surface area contributed by atoms with Crippen LogP contribution in [0.25, 0.3) is 0 Å². The predicted octanol–water partition coefficient (Wildman–Crippen LogP) is 4.83. The van der Waals surface area contributed by atoms with Crippen molar-refractivity contribution in [2.75, 3.05) is 0 Å². The molecule has 0 saturated carbocycles. The molecule has 0 fully saturated rings. The summed E-state index contributed by atoms with van der Waals surface area (Å²) >= 11 is 0. The molecule has 0 aliphatic heterocycles. The molecule has 0 aromatic carbocycles. The summed E-state index contributed by atoms with van der Waals surface area (Å²) in [5.41, 5.74) is 0. The van der Waals surface area contributed by atoms with Crippen molar-refractivity contribution >= 4 is 5.78 Å². The Hall–Kier alpha value is -0.850. The van der Waals surface area contributed by atoms with Crippen LogP contribution in [0.4, 0.5) is 0 Å². The molecule has 92 valence electrons. The highest BCUT2D eigenvalue weighted by Crippen LogP contribution is 2.01. The van der Waals surface area contributed by atoms with Crippen LogP contribution in [0.15, 0.2) is 24.3 Å². The zero-order chi connectivity index (χ0) is 12.1. The highest BCUT2D eigenvalue weighted by atomic mass is 16.1. The monoisotopic (exact) mass is 222 g/mol. The lowest BCUT2D eigenvalue weighted by Gasteiger charge is -1.91. The van der Waals surface area contributed by atoms with E-state index in [-0.39, 0.29) is 5.78 Å². The van der Waals surface area contributed by atoms with E-state index in [2.05, 4.69) is 13.8 Å². The Morgan fingerprint density at radius 2 is 1.25 bits per heavy atom. The second-order valence-electron chi connectivity index (χ2n) is 4.20. The van der Waals surface area contributed by atoms with Gasteiger partial charge in [-0.1, -0.05) is 51.7 Å². The van der Waals surface area contributed by atoms with Gasteiger partial charge in [-0.05, 0) is 37.8 Å². The number of ketones is 1. The van der Waals surface area contributed by atoms with Crippen LogP contribution in [0.3, 0.4) is 0 Å². The maximum atomic E-state index is 11.3. The Kier molecular flexibility index (Phi) is 11.6. The van der Waals surface area contributed by atoms with E-state index in [0.717, 1.165) is 12.8 Å². The summed E-state index contributed by atoms with van der Waals surface area (Å²) in [6.45, 7) is 4.38. The minimum absolute atomic E-state index is 0.132. The molecular weight excluding hydrogens is 196 g/mol. The zero-order valence-corrected chi connectivity index (χ0v) is 10.9. The van der Waals surface area contributed by atoms with Crippen molar-refractivity contribution in [3.05, 3.63) is 24.3 Å². The van der Waals surface area contributed by atoms with E-state index < -0.39 is 0 Å². The van der Waals surface area contributed by atoms with Gasteiger partial charge in [-0.3, -0.25) is 4.79 Å². The minimum Gasteiger partial charge on any atom is -0.290 e. The van der Waals surface area contributed by atoms with Crippen LogP contribution >= 0.6 is 0 Å². The molecule has 0 aromatic rings. The van der Waals surface area contributed by atoms with E-state index in [1.807, 2.05) is 12.2 Å². The standard InChI is InChI=1S/C15H26O/c1-3-5-7-9-11-13-15(16)14-12-10-8-6-4-2/h11-14H,3-10H2,1-2H3. The minimum atomic E-state index is 0.132. The number of hydrogen-bond acceptors (Lipinski definition) is 1. The molecular formula is C15H26O. The lowest BCUT2D eigenvalue weighted by atomic mass is 10.1. The highest BCUT2D eigenvalue weighted by molar-refractivity contribution is 5.99. The molecule has 0 aliphatic carbocycles. The van der Waals surface area contributed by atoms with E-state index in [0.29, 0.717) is 0 Å². The summed E-state index contributed by atoms with van der Waals surface area (Å²) in [7, 11) is 0. The van der Waals surface area contributed by atoms with Crippen molar-refractivity contribution in [3.63, 3.8) is 0 Å². The Balaban J connectivity index is 3.48. The molecule has 0 aromatic heterocycles. The molecule has 0 atom stereocenters. The van der Waals surface area contributed by atoms with Crippen molar-refractivity contribution in [2.24, 2.45) is 0 Å². The van der Waals surface area contributed by atoms with Gasteiger partial charge >= 0.3 is 0 Å². The smallest absolute Gasteiger partial charge is 0.177 e. The van der Waals surface area contributed by atoms with E-state index in [9.17, 15) is 4.79 Å². The molecule has 0 aliphatic rings. The first kappa shape index (κ1) is 15.2. The molecule has 0 saturated heterocycles. The van der Waals surface area contributed by atoms with Gasteiger partial charge < -0.3 is 0 Å². The second kappa shape index (κ2) is 12.2. The number of rotatable bonds is 10. The van der Waals surface area contributed by atoms with Gasteiger partial charge in [0.2, 0.25) is 0 Å². The fourth-order valence-electron chi connectivity index (χ4n) is 1.48. The number of carbonyl (C=O) groups excluding carboxylic acids is 1. The summed E-state index contributed by atoms with van der Waals surface area (Å²) < 4.78 is 0. The van der Waals surface area contributed by atoms with Gasteiger partial charge in [-0.2, -0.15) is 0 Å². The first-order valence-electron chi connectivity index (χ1n) is 6.68. The van der Waals surface area contributed by atoms with Crippen LogP contribution in [0.2, 0.25) is 0 Å². The molecule has 0 heterocycles. The average Bonchev–Trinajstić information content (AvgIpc) is 2.28. The molecule has 0 amide bonds. The summed E-state index contributed by atoms with van der Waals surface area (Å²) in [5, 5.41) is 0. The van der Waals surface area contributed by atoms with Gasteiger partial charge in [0.25, 0.3) is 0 Å². The van der Waals surface area contributed by atoms with Crippen molar-refractivity contribution < 1.29 is 4.79 Å². The van der Waals surface area contributed by atoms with Crippen LogP contribution in [0, 0.1) is 0 Å². The molecule has 0 unspecified atom stereocenters. The maximum absolute atomic E-state index is 11.3. The number of unbranched alkanes of at least 4 members (excludes halogenated alkanes) is 6. The Morgan fingerprint density at radius 1 is 0.812 bits per heavy atom. The van der Waals surface area contributed by atoms with Gasteiger partial charge in [0.05, 0.1) is 0 Å². The first-order valence-corrected chi connectivity index (χ1v) is 6.68. The third kappa shape index (κ3) is 11.2. The third-order valence-corrected chi connectivity index (χ3v) is 2.51. The highest BCUT2D eigenvalue weighted by Gasteiger charge is 1.88. The number of allylic oxidation sites excluding steroid dienone is 4. The molecule has 0 radical (unpaired) electrons. The lowest BCUT2D eigenvalue weighted by Crippen LogP contribution is -1.85. The molecule has 0 N–H and O–H groups in total. The van der Waals surface area contributed by atoms with Gasteiger partial charge in [0, 0.05) is 0 Å². The van der Waals surface area contributed by atoms with Crippen molar-refractivity contribution in [1.29, 1.82) is 0 Å². The van der Waals surface area contributed by atoms with Crippen LogP contribution in [0.5, 0.6) is 0 Å². The summed E-state index contributed by atoms with van der Waals surface area (Å²) in [6.07, 6.45) is 16.8. The molecule has 1 nitrogen and oxygen atoms in total.